The van der Waals surface area contributed by atoms with E-state index in [-0.39, 0.29) is 19.4 Å². The topological polar surface area (TPSA) is 62.5 Å². The van der Waals surface area contributed by atoms with E-state index in [4.69, 9.17) is 4.42 Å². The van der Waals surface area contributed by atoms with Gasteiger partial charge in [0.25, 0.3) is 0 Å². The minimum Gasteiger partial charge on any atom is -0.466 e. The van der Waals surface area contributed by atoms with Crippen molar-refractivity contribution in [1.29, 1.82) is 0 Å². The summed E-state index contributed by atoms with van der Waals surface area (Å²) in [4.78, 5) is 12.2. The van der Waals surface area contributed by atoms with Gasteiger partial charge >= 0.3 is 6.18 Å². The lowest BCUT2D eigenvalue weighted by Gasteiger charge is -2.31. The molecule has 0 spiro atoms. The first-order valence-electron chi connectivity index (χ1n) is 8.15. The zero-order valence-electron chi connectivity index (χ0n) is 14.2. The van der Waals surface area contributed by atoms with Gasteiger partial charge in [-0.25, -0.2) is 0 Å². The van der Waals surface area contributed by atoms with Crippen molar-refractivity contribution >= 4 is 5.91 Å². The van der Waals surface area contributed by atoms with E-state index in [0.29, 0.717) is 29.9 Å². The molecule has 2 rings (SSSR count). The number of hydrogen-bond acceptors (Lipinski definition) is 3. The van der Waals surface area contributed by atoms with Crippen molar-refractivity contribution in [2.45, 2.75) is 58.2 Å². The predicted molar refractivity (Wildman–Crippen MR) is 82.3 cm³/mol. The van der Waals surface area contributed by atoms with Crippen LogP contribution in [-0.4, -0.2) is 23.7 Å². The Labute approximate surface area is 139 Å². The number of halogens is 3. The third-order valence-corrected chi connectivity index (χ3v) is 4.74. The van der Waals surface area contributed by atoms with Crippen LogP contribution in [0.5, 0.6) is 0 Å². The first kappa shape index (κ1) is 18.8. The molecule has 7 heteroatoms. The Kier molecular flexibility index (Phi) is 5.32. The fourth-order valence-corrected chi connectivity index (χ4v) is 3.39. The van der Waals surface area contributed by atoms with Gasteiger partial charge in [-0.05, 0) is 46.1 Å². The Morgan fingerprint density at radius 2 is 2.04 bits per heavy atom. The molecule has 0 aromatic carbocycles. The van der Waals surface area contributed by atoms with Gasteiger partial charge < -0.3 is 14.8 Å². The number of hydrogen-bond donors (Lipinski definition) is 2. The Morgan fingerprint density at radius 3 is 2.58 bits per heavy atom. The zero-order valence-corrected chi connectivity index (χ0v) is 14.2. The van der Waals surface area contributed by atoms with Gasteiger partial charge in [0.15, 0.2) is 0 Å². The highest BCUT2D eigenvalue weighted by Gasteiger charge is 2.43. The van der Waals surface area contributed by atoms with Crippen molar-refractivity contribution in [1.82, 2.24) is 5.32 Å². The molecule has 3 atom stereocenters. The summed E-state index contributed by atoms with van der Waals surface area (Å²) in [5.74, 6) is -1.30. The largest absolute Gasteiger partial charge is 0.466 e. The number of carbonyl (C=O) groups excluding carboxylic acids is 1. The van der Waals surface area contributed by atoms with Crippen LogP contribution in [0.4, 0.5) is 13.2 Å². The lowest BCUT2D eigenvalue weighted by molar-refractivity contribution is -0.186. The molecule has 1 fully saturated rings. The van der Waals surface area contributed by atoms with Crippen LogP contribution in [0.3, 0.4) is 0 Å². The lowest BCUT2D eigenvalue weighted by atomic mass is 9.80. The molecule has 1 heterocycles. The minimum absolute atomic E-state index is 0.0706. The second-order valence-electron chi connectivity index (χ2n) is 6.92. The summed E-state index contributed by atoms with van der Waals surface area (Å²) in [6.45, 7) is 4.95. The number of furan rings is 1. The van der Waals surface area contributed by atoms with E-state index in [1.54, 1.807) is 26.8 Å². The Hall–Kier alpha value is -1.50. The van der Waals surface area contributed by atoms with E-state index in [2.05, 4.69) is 5.32 Å². The van der Waals surface area contributed by atoms with Gasteiger partial charge in [-0.15, -0.1) is 0 Å². The number of rotatable bonds is 4. The molecule has 136 valence electrons. The summed E-state index contributed by atoms with van der Waals surface area (Å²) < 4.78 is 43.9. The highest BCUT2D eigenvalue weighted by atomic mass is 19.4. The third kappa shape index (κ3) is 4.32. The molecule has 2 N–H and O–H groups in total. The number of alkyl halides is 3. The summed E-state index contributed by atoms with van der Waals surface area (Å²) in [5.41, 5.74) is -0.771. The van der Waals surface area contributed by atoms with Crippen molar-refractivity contribution in [3.05, 3.63) is 23.2 Å². The van der Waals surface area contributed by atoms with E-state index in [1.165, 1.54) is 0 Å². The average molecular weight is 347 g/mol. The van der Waals surface area contributed by atoms with Crippen LogP contribution in [0.25, 0.3) is 0 Å². The Balaban J connectivity index is 1.96. The maximum absolute atomic E-state index is 12.8. The maximum atomic E-state index is 12.8. The van der Waals surface area contributed by atoms with E-state index in [1.807, 2.05) is 0 Å². The molecule has 1 amide bonds. The van der Waals surface area contributed by atoms with E-state index < -0.39 is 29.5 Å². The first-order valence-corrected chi connectivity index (χ1v) is 8.15. The highest BCUT2D eigenvalue weighted by Crippen LogP contribution is 2.40. The normalized spacial score (nSPS) is 24.5. The van der Waals surface area contributed by atoms with Crippen molar-refractivity contribution in [3.63, 3.8) is 0 Å². The van der Waals surface area contributed by atoms with Gasteiger partial charge in [0.2, 0.25) is 5.91 Å². The molecule has 1 aliphatic carbocycles. The van der Waals surface area contributed by atoms with E-state index in [9.17, 15) is 23.1 Å². The Morgan fingerprint density at radius 1 is 1.38 bits per heavy atom. The quantitative estimate of drug-likeness (QED) is 0.875. The number of nitrogens with one attached hydrogen (secondary N) is 1. The number of aliphatic hydroxyl groups is 1. The number of carbonyl (C=O) groups is 1. The molecule has 4 nitrogen and oxygen atoms in total. The SMILES string of the molecule is Cc1cc(C(C)(O)CNC(=O)C2CCCC(C(F)(F)F)C2)c(C)o1. The molecule has 1 aromatic rings. The predicted octanol–water partition coefficient (Wildman–Crippen LogP) is 3.59. The van der Waals surface area contributed by atoms with Gasteiger partial charge in [0.05, 0.1) is 12.5 Å². The second kappa shape index (κ2) is 6.78. The lowest BCUT2D eigenvalue weighted by Crippen LogP contribution is -2.43. The van der Waals surface area contributed by atoms with Crippen LogP contribution >= 0.6 is 0 Å². The van der Waals surface area contributed by atoms with Gasteiger partial charge in [-0.3, -0.25) is 4.79 Å². The fraction of sp³-hybridized carbons (Fsp3) is 0.706. The third-order valence-electron chi connectivity index (χ3n) is 4.74. The molecular formula is C17H24F3NO3. The molecule has 0 saturated heterocycles. The molecule has 24 heavy (non-hydrogen) atoms. The molecule has 1 aromatic heterocycles. The van der Waals surface area contributed by atoms with E-state index >= 15 is 0 Å². The van der Waals surface area contributed by atoms with Crippen molar-refractivity contribution in [2.75, 3.05) is 6.54 Å². The minimum atomic E-state index is -4.25. The summed E-state index contributed by atoms with van der Waals surface area (Å²) in [6, 6.07) is 1.70. The monoisotopic (exact) mass is 347 g/mol. The summed E-state index contributed by atoms with van der Waals surface area (Å²) >= 11 is 0. The van der Waals surface area contributed by atoms with Crippen LogP contribution in [0, 0.1) is 25.7 Å². The molecule has 0 radical (unpaired) electrons. The van der Waals surface area contributed by atoms with Crippen LogP contribution in [-0.2, 0) is 10.4 Å². The zero-order chi connectivity index (χ0) is 18.1. The first-order chi connectivity index (χ1) is 11.0. The number of amides is 1. The second-order valence-corrected chi connectivity index (χ2v) is 6.92. The smallest absolute Gasteiger partial charge is 0.391 e. The maximum Gasteiger partial charge on any atom is 0.391 e. The molecule has 1 saturated carbocycles. The molecule has 3 unspecified atom stereocenters. The Bertz CT molecular complexity index is 592. The van der Waals surface area contributed by atoms with Crippen LogP contribution < -0.4 is 5.32 Å². The molecule has 1 aliphatic rings. The van der Waals surface area contributed by atoms with E-state index in [0.717, 1.165) is 0 Å². The van der Waals surface area contributed by atoms with Crippen molar-refractivity contribution in [2.24, 2.45) is 11.8 Å². The van der Waals surface area contributed by atoms with Gasteiger partial charge in [-0.1, -0.05) is 6.42 Å². The summed E-state index contributed by atoms with van der Waals surface area (Å²) in [7, 11) is 0. The fourth-order valence-electron chi connectivity index (χ4n) is 3.39. The van der Waals surface area contributed by atoms with Crippen LogP contribution in [0.1, 0.15) is 49.7 Å². The number of aryl methyl sites for hydroxylation is 2. The molecule has 0 bridgehead atoms. The summed E-state index contributed by atoms with van der Waals surface area (Å²) in [5, 5.41) is 13.2. The molecular weight excluding hydrogens is 323 g/mol. The highest BCUT2D eigenvalue weighted by molar-refractivity contribution is 5.78. The van der Waals surface area contributed by atoms with Crippen molar-refractivity contribution < 1.29 is 27.5 Å². The molecule has 0 aliphatic heterocycles. The van der Waals surface area contributed by atoms with Gasteiger partial charge in [-0.2, -0.15) is 13.2 Å². The van der Waals surface area contributed by atoms with Crippen LogP contribution in [0.2, 0.25) is 0 Å². The standard InChI is InChI=1S/C17H24F3NO3/c1-10-7-14(11(2)24-10)16(3,23)9-21-15(22)12-5-4-6-13(8-12)17(18,19)20/h7,12-13,23H,4-6,8-9H2,1-3H3,(H,21,22). The van der Waals surface area contributed by atoms with Gasteiger partial charge in [0, 0.05) is 11.5 Å². The van der Waals surface area contributed by atoms with Crippen LogP contribution in [0.15, 0.2) is 10.5 Å². The van der Waals surface area contributed by atoms with Crippen molar-refractivity contribution in [3.8, 4) is 0 Å². The van der Waals surface area contributed by atoms with Gasteiger partial charge in [0.1, 0.15) is 17.1 Å². The summed E-state index contributed by atoms with van der Waals surface area (Å²) in [6.07, 6.45) is -3.52. The average Bonchev–Trinajstić information content (AvgIpc) is 2.84.